The number of benzene rings is 1. The fraction of sp³-hybridized carbons (Fsp3) is 0.238. The van der Waals surface area contributed by atoms with Gasteiger partial charge in [0.25, 0.3) is 0 Å². The minimum Gasteiger partial charge on any atom is -0.367 e. The molecule has 0 aliphatic rings. The van der Waals surface area contributed by atoms with Crippen LogP contribution in [-0.4, -0.2) is 34.2 Å². The van der Waals surface area contributed by atoms with E-state index in [2.05, 4.69) is 43.3 Å². The van der Waals surface area contributed by atoms with Crippen molar-refractivity contribution in [2.45, 2.75) is 19.3 Å². The Hall–Kier alpha value is -3.48. The molecule has 3 rings (SSSR count). The highest BCUT2D eigenvalue weighted by atomic mass is 16.1. The maximum Gasteiger partial charge on any atom is 0.220 e. The second-order valence-electron chi connectivity index (χ2n) is 6.29. The fourth-order valence-corrected chi connectivity index (χ4v) is 2.66. The van der Waals surface area contributed by atoms with E-state index < -0.39 is 0 Å². The van der Waals surface area contributed by atoms with Gasteiger partial charge in [0.15, 0.2) is 5.82 Å². The van der Waals surface area contributed by atoms with E-state index in [1.54, 1.807) is 12.4 Å². The van der Waals surface area contributed by atoms with Crippen LogP contribution in [0.25, 0.3) is 0 Å². The highest BCUT2D eigenvalue weighted by Gasteiger charge is 2.02. The van der Waals surface area contributed by atoms with E-state index >= 15 is 0 Å². The average Bonchev–Trinajstić information content (AvgIpc) is 2.74. The van der Waals surface area contributed by atoms with E-state index in [1.807, 2.05) is 42.5 Å². The number of aryl methyl sites for hydroxylation is 1. The number of anilines is 3. The molecule has 2 heterocycles. The summed E-state index contributed by atoms with van der Waals surface area (Å²) < 4.78 is 0. The number of rotatable bonds is 10. The molecule has 0 spiro atoms. The number of nitrogens with one attached hydrogen (secondary N) is 3. The number of carbonyl (C=O) groups is 1. The molecule has 0 radical (unpaired) electrons. The van der Waals surface area contributed by atoms with Gasteiger partial charge in [0.2, 0.25) is 5.91 Å². The largest absolute Gasteiger partial charge is 0.367 e. The van der Waals surface area contributed by atoms with Gasteiger partial charge in [0.1, 0.15) is 5.82 Å². The molecule has 0 bridgehead atoms. The highest BCUT2D eigenvalue weighted by molar-refractivity contribution is 5.75. The van der Waals surface area contributed by atoms with E-state index in [4.69, 9.17) is 0 Å². The lowest BCUT2D eigenvalue weighted by Crippen LogP contribution is -2.28. The summed E-state index contributed by atoms with van der Waals surface area (Å²) in [6.07, 6.45) is 5.73. The van der Waals surface area contributed by atoms with Crippen LogP contribution in [-0.2, 0) is 11.2 Å². The SMILES string of the molecule is O=C(CCCc1ccccc1)NCCNc1ccc(Nc2cccnc2)nn1. The molecule has 3 N–H and O–H groups in total. The highest BCUT2D eigenvalue weighted by Crippen LogP contribution is 2.12. The van der Waals surface area contributed by atoms with Gasteiger partial charge in [0, 0.05) is 25.7 Å². The minimum absolute atomic E-state index is 0.0693. The maximum atomic E-state index is 11.9. The van der Waals surface area contributed by atoms with Gasteiger partial charge in [-0.25, -0.2) is 0 Å². The van der Waals surface area contributed by atoms with Crippen LogP contribution < -0.4 is 16.0 Å². The number of hydrogen-bond acceptors (Lipinski definition) is 6. The summed E-state index contributed by atoms with van der Waals surface area (Å²) in [7, 11) is 0. The Labute approximate surface area is 164 Å². The van der Waals surface area contributed by atoms with Crippen molar-refractivity contribution in [3.8, 4) is 0 Å². The van der Waals surface area contributed by atoms with E-state index in [9.17, 15) is 4.79 Å². The summed E-state index contributed by atoms with van der Waals surface area (Å²) in [6.45, 7) is 1.13. The molecule has 0 atom stereocenters. The molecule has 7 nitrogen and oxygen atoms in total. The smallest absolute Gasteiger partial charge is 0.220 e. The van der Waals surface area contributed by atoms with E-state index in [1.165, 1.54) is 5.56 Å². The Morgan fingerprint density at radius 3 is 2.46 bits per heavy atom. The van der Waals surface area contributed by atoms with Gasteiger partial charge in [-0.05, 0) is 42.7 Å². The monoisotopic (exact) mass is 376 g/mol. The fourth-order valence-electron chi connectivity index (χ4n) is 2.66. The molecule has 0 aliphatic carbocycles. The standard InChI is InChI=1S/C21H24N6O/c28-21(10-4-8-17-6-2-1-3-7-17)24-15-14-23-19-11-12-20(27-26-19)25-18-9-5-13-22-16-18/h1-3,5-7,9,11-13,16H,4,8,10,14-15H2,(H,23,26)(H,24,28)(H,25,27). The molecule has 1 aromatic carbocycles. The third kappa shape index (κ3) is 6.68. The number of aromatic nitrogens is 3. The molecule has 144 valence electrons. The quantitative estimate of drug-likeness (QED) is 0.471. The van der Waals surface area contributed by atoms with Gasteiger partial charge in [0.05, 0.1) is 11.9 Å². The van der Waals surface area contributed by atoms with Gasteiger partial charge < -0.3 is 16.0 Å². The molecule has 1 amide bonds. The van der Waals surface area contributed by atoms with E-state index in [-0.39, 0.29) is 5.91 Å². The lowest BCUT2D eigenvalue weighted by atomic mass is 10.1. The lowest BCUT2D eigenvalue weighted by molar-refractivity contribution is -0.121. The molecular weight excluding hydrogens is 352 g/mol. The first kappa shape index (κ1) is 19.3. The minimum atomic E-state index is 0.0693. The first-order chi connectivity index (χ1) is 13.8. The zero-order valence-electron chi connectivity index (χ0n) is 15.6. The summed E-state index contributed by atoms with van der Waals surface area (Å²) in [6, 6.07) is 17.6. The number of pyridine rings is 1. The van der Waals surface area contributed by atoms with Crippen molar-refractivity contribution in [2.75, 3.05) is 23.7 Å². The van der Waals surface area contributed by atoms with Crippen molar-refractivity contribution in [1.29, 1.82) is 0 Å². The van der Waals surface area contributed by atoms with Crippen LogP contribution in [0.5, 0.6) is 0 Å². The maximum absolute atomic E-state index is 11.9. The second-order valence-corrected chi connectivity index (χ2v) is 6.29. The summed E-state index contributed by atoms with van der Waals surface area (Å²) in [4.78, 5) is 15.9. The molecule has 0 unspecified atom stereocenters. The molecule has 0 saturated heterocycles. The predicted octanol–water partition coefficient (Wildman–Crippen LogP) is 3.17. The van der Waals surface area contributed by atoms with Crippen LogP contribution in [0.1, 0.15) is 18.4 Å². The van der Waals surface area contributed by atoms with Crippen LogP contribution in [0.4, 0.5) is 17.3 Å². The molecular formula is C21H24N6O. The van der Waals surface area contributed by atoms with Crippen molar-refractivity contribution in [3.05, 3.63) is 72.6 Å². The summed E-state index contributed by atoms with van der Waals surface area (Å²) >= 11 is 0. The zero-order chi connectivity index (χ0) is 19.4. The normalized spacial score (nSPS) is 10.3. The summed E-state index contributed by atoms with van der Waals surface area (Å²) in [5.41, 5.74) is 2.12. The summed E-state index contributed by atoms with van der Waals surface area (Å²) in [5.74, 6) is 1.38. The number of amides is 1. The first-order valence-electron chi connectivity index (χ1n) is 9.35. The van der Waals surface area contributed by atoms with Crippen LogP contribution in [0.3, 0.4) is 0 Å². The Morgan fingerprint density at radius 1 is 0.893 bits per heavy atom. The zero-order valence-corrected chi connectivity index (χ0v) is 15.6. The van der Waals surface area contributed by atoms with Crippen LogP contribution >= 0.6 is 0 Å². The van der Waals surface area contributed by atoms with Gasteiger partial charge in [-0.15, -0.1) is 10.2 Å². The molecule has 28 heavy (non-hydrogen) atoms. The third-order valence-electron chi connectivity index (χ3n) is 4.06. The van der Waals surface area contributed by atoms with Crippen molar-refractivity contribution in [1.82, 2.24) is 20.5 Å². The van der Waals surface area contributed by atoms with Crippen LogP contribution in [0.15, 0.2) is 67.0 Å². The van der Waals surface area contributed by atoms with Gasteiger partial charge in [-0.1, -0.05) is 30.3 Å². The summed E-state index contributed by atoms with van der Waals surface area (Å²) in [5, 5.41) is 17.4. The van der Waals surface area contributed by atoms with Gasteiger partial charge >= 0.3 is 0 Å². The van der Waals surface area contributed by atoms with Gasteiger partial charge in [-0.2, -0.15) is 0 Å². The molecule has 3 aromatic rings. The van der Waals surface area contributed by atoms with Gasteiger partial charge in [-0.3, -0.25) is 9.78 Å². The van der Waals surface area contributed by atoms with E-state index in [0.29, 0.717) is 31.1 Å². The lowest BCUT2D eigenvalue weighted by Gasteiger charge is -2.08. The van der Waals surface area contributed by atoms with Crippen LogP contribution in [0, 0.1) is 0 Å². The Balaban J connectivity index is 1.30. The van der Waals surface area contributed by atoms with Crippen molar-refractivity contribution < 1.29 is 4.79 Å². The number of hydrogen-bond donors (Lipinski definition) is 3. The Kier molecular flexibility index (Phi) is 7.31. The molecule has 0 saturated carbocycles. The molecule has 0 aliphatic heterocycles. The topological polar surface area (TPSA) is 91.8 Å². The average molecular weight is 376 g/mol. The second kappa shape index (κ2) is 10.6. The Morgan fingerprint density at radius 2 is 1.71 bits per heavy atom. The Bertz CT molecular complexity index is 840. The number of nitrogens with zero attached hydrogens (tertiary/aromatic N) is 3. The molecule has 0 fully saturated rings. The molecule has 2 aromatic heterocycles. The molecule has 7 heteroatoms. The predicted molar refractivity (Wildman–Crippen MR) is 110 cm³/mol. The van der Waals surface area contributed by atoms with Crippen molar-refractivity contribution in [2.24, 2.45) is 0 Å². The first-order valence-corrected chi connectivity index (χ1v) is 9.35. The third-order valence-corrected chi connectivity index (χ3v) is 4.06. The number of carbonyl (C=O) groups excluding carboxylic acids is 1. The van der Waals surface area contributed by atoms with Crippen molar-refractivity contribution >= 4 is 23.2 Å². The van der Waals surface area contributed by atoms with Crippen LogP contribution in [0.2, 0.25) is 0 Å². The van der Waals surface area contributed by atoms with Crippen molar-refractivity contribution in [3.63, 3.8) is 0 Å². The van der Waals surface area contributed by atoms with E-state index in [0.717, 1.165) is 18.5 Å².